The lowest BCUT2D eigenvalue weighted by molar-refractivity contribution is -0.158. The van der Waals surface area contributed by atoms with Crippen molar-refractivity contribution in [2.45, 2.75) is 75.2 Å². The third-order valence-electron chi connectivity index (χ3n) is 7.14. The molecule has 2 atom stereocenters. The second-order valence-electron chi connectivity index (χ2n) is 8.93. The minimum Gasteiger partial charge on any atom is -0.368 e. The second-order valence-corrected chi connectivity index (χ2v) is 8.93. The van der Waals surface area contributed by atoms with Crippen LogP contribution in [0.5, 0.6) is 0 Å². The molecule has 1 aliphatic heterocycles. The molecule has 0 radical (unpaired) electrons. The van der Waals surface area contributed by atoms with Crippen LogP contribution in [0.3, 0.4) is 0 Å². The van der Waals surface area contributed by atoms with Gasteiger partial charge in [0.05, 0.1) is 0 Å². The van der Waals surface area contributed by atoms with E-state index in [0.29, 0.717) is 17.8 Å². The molecule has 6 nitrogen and oxygen atoms in total. The van der Waals surface area contributed by atoms with Gasteiger partial charge in [-0.3, -0.25) is 9.89 Å². The fraction of sp³-hybridized carbons (Fsp3) is 0.850. The van der Waals surface area contributed by atoms with Crippen molar-refractivity contribution < 1.29 is 9.53 Å². The van der Waals surface area contributed by atoms with Gasteiger partial charge in [0.25, 0.3) is 5.91 Å². The largest absolute Gasteiger partial charge is 0.368 e. The van der Waals surface area contributed by atoms with Crippen molar-refractivity contribution in [1.82, 2.24) is 20.1 Å². The summed E-state index contributed by atoms with van der Waals surface area (Å²) in [5.41, 5.74) is -0.582. The molecule has 5 rings (SSSR count). The van der Waals surface area contributed by atoms with Gasteiger partial charge in [-0.25, -0.2) is 4.98 Å². The van der Waals surface area contributed by atoms with Crippen LogP contribution in [0.4, 0.5) is 0 Å². The quantitative estimate of drug-likeness (QED) is 0.878. The van der Waals surface area contributed by atoms with Gasteiger partial charge in [0.1, 0.15) is 11.4 Å². The molecule has 6 heteroatoms. The maximum Gasteiger partial charge on any atom is 0.254 e. The summed E-state index contributed by atoms with van der Waals surface area (Å²) in [5.74, 6) is 4.36. The minimum absolute atomic E-state index is 0.217. The maximum atomic E-state index is 13.4. The predicted molar refractivity (Wildman–Crippen MR) is 96.7 cm³/mol. The Bertz CT molecular complexity index is 673. The Kier molecular flexibility index (Phi) is 4.07. The Morgan fingerprint density at radius 1 is 1.15 bits per heavy atom. The average Bonchev–Trinajstić information content (AvgIpc) is 3.62. The van der Waals surface area contributed by atoms with Crippen LogP contribution in [0.25, 0.3) is 0 Å². The van der Waals surface area contributed by atoms with Crippen LogP contribution >= 0.6 is 0 Å². The van der Waals surface area contributed by atoms with Gasteiger partial charge in [0.2, 0.25) is 0 Å². The second kappa shape index (κ2) is 6.32. The number of methoxy groups -OCH3 is 1. The van der Waals surface area contributed by atoms with Crippen molar-refractivity contribution >= 4 is 5.91 Å². The van der Waals surface area contributed by atoms with E-state index in [1.54, 1.807) is 7.11 Å². The highest BCUT2D eigenvalue weighted by Gasteiger charge is 2.50. The van der Waals surface area contributed by atoms with Gasteiger partial charge in [0, 0.05) is 32.0 Å². The van der Waals surface area contributed by atoms with Gasteiger partial charge in [-0.1, -0.05) is 19.3 Å². The summed E-state index contributed by atoms with van der Waals surface area (Å²) in [6.07, 6.45) is 10.2. The molecule has 1 saturated heterocycles. The van der Waals surface area contributed by atoms with E-state index in [1.807, 2.05) is 0 Å². The van der Waals surface area contributed by atoms with Gasteiger partial charge in [-0.05, 0) is 50.4 Å². The molecule has 0 unspecified atom stereocenters. The molecule has 3 saturated carbocycles. The number of hydrogen-bond donors (Lipinski definition) is 1. The molecule has 1 aromatic heterocycles. The fourth-order valence-corrected chi connectivity index (χ4v) is 5.18. The van der Waals surface area contributed by atoms with Gasteiger partial charge in [0.15, 0.2) is 5.82 Å². The van der Waals surface area contributed by atoms with Crippen molar-refractivity contribution in [2.75, 3.05) is 20.2 Å². The van der Waals surface area contributed by atoms with Gasteiger partial charge in [-0.15, -0.1) is 0 Å². The zero-order valence-electron chi connectivity index (χ0n) is 15.7. The smallest absolute Gasteiger partial charge is 0.254 e. The molecule has 4 fully saturated rings. The van der Waals surface area contributed by atoms with Crippen LogP contribution in [0.1, 0.15) is 81.3 Å². The van der Waals surface area contributed by atoms with Crippen molar-refractivity contribution in [2.24, 2.45) is 11.8 Å². The Hall–Kier alpha value is -1.43. The van der Waals surface area contributed by atoms with Gasteiger partial charge < -0.3 is 9.64 Å². The van der Waals surface area contributed by atoms with Crippen molar-refractivity contribution in [3.05, 3.63) is 11.6 Å². The number of nitrogens with one attached hydrogen (secondary N) is 1. The molecule has 1 aromatic rings. The zero-order valence-corrected chi connectivity index (χ0v) is 15.7. The number of likely N-dealkylation sites (tertiary alicyclic amines) is 1. The first-order valence-corrected chi connectivity index (χ1v) is 10.5. The molecular formula is C20H30N4O2. The summed E-state index contributed by atoms with van der Waals surface area (Å²) in [4.78, 5) is 20.3. The standard InChI is InChI=1S/C20H30N4O2/c1-26-20(9-3-2-4-10-20)19(25)24-11-15(13-5-6-13)16(12-24)18-21-17(22-23-18)14-7-8-14/h13-16H,2-12H2,1H3,(H,21,22,23)/t15-,16+/m1/s1. The molecule has 0 spiro atoms. The number of H-pyrrole nitrogens is 1. The Morgan fingerprint density at radius 3 is 2.58 bits per heavy atom. The lowest BCUT2D eigenvalue weighted by Gasteiger charge is -2.37. The Balaban J connectivity index is 1.36. The van der Waals surface area contributed by atoms with E-state index in [-0.39, 0.29) is 5.91 Å². The summed E-state index contributed by atoms with van der Waals surface area (Å²) in [6.45, 7) is 1.63. The van der Waals surface area contributed by atoms with Crippen LogP contribution in [-0.4, -0.2) is 51.8 Å². The first-order valence-electron chi connectivity index (χ1n) is 10.5. The monoisotopic (exact) mass is 358 g/mol. The van der Waals surface area contributed by atoms with E-state index in [4.69, 9.17) is 9.72 Å². The minimum atomic E-state index is -0.582. The molecule has 3 aliphatic carbocycles. The van der Waals surface area contributed by atoms with Crippen LogP contribution in [0.15, 0.2) is 0 Å². The Labute approximate surface area is 155 Å². The number of nitrogens with zero attached hydrogens (tertiary/aromatic N) is 3. The number of ether oxygens (including phenoxy) is 1. The highest BCUT2D eigenvalue weighted by molar-refractivity contribution is 5.85. The number of carbonyl (C=O) groups excluding carboxylic acids is 1. The molecule has 142 valence electrons. The number of aromatic amines is 1. The Morgan fingerprint density at radius 2 is 1.92 bits per heavy atom. The SMILES string of the molecule is COC1(C(=O)N2C[C@H](c3nc(C4CC4)n[nH]3)[C@@H](C3CC3)C2)CCCCC1. The summed E-state index contributed by atoms with van der Waals surface area (Å²) in [5, 5.41) is 7.68. The summed E-state index contributed by atoms with van der Waals surface area (Å²) < 4.78 is 5.82. The molecule has 26 heavy (non-hydrogen) atoms. The number of rotatable bonds is 5. The van der Waals surface area contributed by atoms with Crippen molar-refractivity contribution in [3.63, 3.8) is 0 Å². The van der Waals surface area contributed by atoms with E-state index < -0.39 is 5.60 Å². The van der Waals surface area contributed by atoms with Gasteiger partial charge in [-0.2, -0.15) is 5.10 Å². The van der Waals surface area contributed by atoms with E-state index in [2.05, 4.69) is 15.1 Å². The lowest BCUT2D eigenvalue weighted by Crippen LogP contribution is -2.50. The van der Waals surface area contributed by atoms with Crippen LogP contribution in [0, 0.1) is 11.8 Å². The van der Waals surface area contributed by atoms with E-state index in [9.17, 15) is 4.79 Å². The maximum absolute atomic E-state index is 13.4. The summed E-state index contributed by atoms with van der Waals surface area (Å²) in [6, 6.07) is 0. The number of amides is 1. The summed E-state index contributed by atoms with van der Waals surface area (Å²) >= 11 is 0. The number of aromatic nitrogens is 3. The zero-order chi connectivity index (χ0) is 17.7. The first kappa shape index (κ1) is 16.7. The third-order valence-corrected chi connectivity index (χ3v) is 7.14. The third kappa shape index (κ3) is 2.86. The highest BCUT2D eigenvalue weighted by atomic mass is 16.5. The molecular weight excluding hydrogens is 328 g/mol. The summed E-state index contributed by atoms with van der Waals surface area (Å²) in [7, 11) is 1.72. The van der Waals surface area contributed by atoms with E-state index in [1.165, 1.54) is 32.1 Å². The molecule has 1 amide bonds. The molecule has 2 heterocycles. The normalized spacial score (nSPS) is 31.3. The molecule has 4 aliphatic rings. The number of hydrogen-bond acceptors (Lipinski definition) is 4. The van der Waals surface area contributed by atoms with Crippen LogP contribution < -0.4 is 0 Å². The lowest BCUT2D eigenvalue weighted by atomic mass is 9.83. The van der Waals surface area contributed by atoms with E-state index in [0.717, 1.165) is 56.3 Å². The predicted octanol–water partition coefficient (Wildman–Crippen LogP) is 2.98. The molecule has 1 N–H and O–H groups in total. The highest BCUT2D eigenvalue weighted by Crippen LogP contribution is 2.48. The van der Waals surface area contributed by atoms with Crippen molar-refractivity contribution in [3.8, 4) is 0 Å². The van der Waals surface area contributed by atoms with Crippen molar-refractivity contribution in [1.29, 1.82) is 0 Å². The topological polar surface area (TPSA) is 71.1 Å². The fourth-order valence-electron chi connectivity index (χ4n) is 5.18. The van der Waals surface area contributed by atoms with Crippen LogP contribution in [-0.2, 0) is 9.53 Å². The first-order chi connectivity index (χ1) is 12.7. The average molecular weight is 358 g/mol. The molecule has 0 bridgehead atoms. The van der Waals surface area contributed by atoms with Gasteiger partial charge >= 0.3 is 0 Å². The molecule has 0 aromatic carbocycles. The number of carbonyl (C=O) groups is 1. The van der Waals surface area contributed by atoms with Crippen LogP contribution in [0.2, 0.25) is 0 Å². The van der Waals surface area contributed by atoms with E-state index >= 15 is 0 Å².